The molecule has 1 fully saturated rings. The first-order chi connectivity index (χ1) is 11.9. The largest absolute Gasteiger partial charge is 0.508 e. The third kappa shape index (κ3) is 3.76. The molecule has 0 bridgehead atoms. The number of hydrogen-bond donors (Lipinski definition) is 2. The molecule has 132 valence electrons. The Labute approximate surface area is 149 Å². The van der Waals surface area contributed by atoms with Crippen LogP contribution in [-0.2, 0) is 14.8 Å². The zero-order valence-electron chi connectivity index (χ0n) is 13.3. The average molecular weight is 379 g/mol. The minimum atomic E-state index is -3.56. The molecule has 2 aromatic rings. The molecule has 0 atom stereocenters. The lowest BCUT2D eigenvalue weighted by molar-refractivity contribution is -0.130. The Morgan fingerprint density at radius 3 is 2.52 bits per heavy atom. The summed E-state index contributed by atoms with van der Waals surface area (Å²) in [5, 5.41) is 19.0. The lowest BCUT2D eigenvalue weighted by atomic mass is 10.1. The van der Waals surface area contributed by atoms with Crippen LogP contribution in [0.4, 0.5) is 0 Å². The van der Waals surface area contributed by atoms with Crippen LogP contribution in [-0.4, -0.2) is 42.0 Å². The summed E-state index contributed by atoms with van der Waals surface area (Å²) in [7, 11) is -3.56. The summed E-state index contributed by atoms with van der Waals surface area (Å²) >= 11 is 0.945. The van der Waals surface area contributed by atoms with Crippen molar-refractivity contribution >= 4 is 39.0 Å². The molecule has 25 heavy (non-hydrogen) atoms. The molecule has 2 N–H and O–H groups in total. The Morgan fingerprint density at radius 1 is 1.16 bits per heavy atom. The number of rotatable bonds is 5. The summed E-state index contributed by atoms with van der Waals surface area (Å²) in [6, 6.07) is 9.17. The molecule has 1 aliphatic rings. The van der Waals surface area contributed by atoms with Crippen LogP contribution in [0.15, 0.2) is 40.6 Å². The molecule has 8 heteroatoms. The number of aliphatic carboxylic acids is 1. The number of phenolic OH excluding ortho intramolecular Hbond substituents is 1. The predicted octanol–water partition coefficient (Wildman–Crippen LogP) is 2.86. The Morgan fingerprint density at radius 2 is 1.88 bits per heavy atom. The molecule has 0 aliphatic carbocycles. The number of carboxylic acids is 1. The van der Waals surface area contributed by atoms with Gasteiger partial charge in [-0.15, -0.1) is 11.3 Å². The second-order valence-corrected chi connectivity index (χ2v) is 8.94. The Kier molecular flexibility index (Phi) is 4.94. The van der Waals surface area contributed by atoms with E-state index >= 15 is 0 Å². The summed E-state index contributed by atoms with van der Waals surface area (Å²) in [5.74, 6) is -1.13. The van der Waals surface area contributed by atoms with Crippen LogP contribution in [0.3, 0.4) is 0 Å². The fourth-order valence-electron chi connectivity index (χ4n) is 2.68. The van der Waals surface area contributed by atoms with Gasteiger partial charge in [0.05, 0.1) is 5.57 Å². The van der Waals surface area contributed by atoms with Crippen molar-refractivity contribution in [2.45, 2.75) is 17.1 Å². The van der Waals surface area contributed by atoms with E-state index in [0.29, 0.717) is 23.5 Å². The number of benzene rings is 1. The monoisotopic (exact) mass is 379 g/mol. The topological polar surface area (TPSA) is 94.9 Å². The number of thiophene rings is 1. The second kappa shape index (κ2) is 6.99. The van der Waals surface area contributed by atoms with E-state index in [1.165, 1.54) is 34.6 Å². The van der Waals surface area contributed by atoms with E-state index in [1.54, 1.807) is 12.1 Å². The van der Waals surface area contributed by atoms with E-state index in [0.717, 1.165) is 24.2 Å². The van der Waals surface area contributed by atoms with Crippen molar-refractivity contribution in [3.05, 3.63) is 46.8 Å². The highest BCUT2D eigenvalue weighted by Crippen LogP contribution is 2.32. The van der Waals surface area contributed by atoms with Crippen LogP contribution < -0.4 is 0 Å². The summed E-state index contributed by atoms with van der Waals surface area (Å²) in [4.78, 5) is 12.0. The van der Waals surface area contributed by atoms with Crippen molar-refractivity contribution in [1.29, 1.82) is 0 Å². The van der Waals surface area contributed by atoms with Crippen molar-refractivity contribution in [2.24, 2.45) is 0 Å². The number of sulfonamides is 1. The molecule has 0 spiro atoms. The highest BCUT2D eigenvalue weighted by atomic mass is 32.2. The Hall–Kier alpha value is -2.16. The number of carboxylic acid groups (broad SMARTS) is 1. The van der Waals surface area contributed by atoms with Gasteiger partial charge in [0.2, 0.25) is 0 Å². The first-order valence-corrected chi connectivity index (χ1v) is 9.98. The minimum Gasteiger partial charge on any atom is -0.508 e. The molecule has 6 nitrogen and oxygen atoms in total. The van der Waals surface area contributed by atoms with Crippen LogP contribution in [0.1, 0.15) is 23.3 Å². The number of phenols is 1. The summed E-state index contributed by atoms with van der Waals surface area (Å²) in [5.41, 5.74) is 0.508. The van der Waals surface area contributed by atoms with Crippen LogP contribution in [0.5, 0.6) is 5.75 Å². The van der Waals surface area contributed by atoms with Crippen molar-refractivity contribution in [3.63, 3.8) is 0 Å². The number of hydrogen-bond acceptors (Lipinski definition) is 5. The predicted molar refractivity (Wildman–Crippen MR) is 95.9 cm³/mol. The minimum absolute atomic E-state index is 0.0153. The van der Waals surface area contributed by atoms with E-state index in [1.807, 2.05) is 0 Å². The molecule has 0 amide bonds. The fourth-order valence-corrected chi connectivity index (χ4v) is 5.66. The van der Waals surface area contributed by atoms with Gasteiger partial charge in [0.1, 0.15) is 9.96 Å². The maximum Gasteiger partial charge on any atom is 0.337 e. The highest BCUT2D eigenvalue weighted by molar-refractivity contribution is 7.91. The van der Waals surface area contributed by atoms with Crippen molar-refractivity contribution in [2.75, 3.05) is 13.1 Å². The number of carbonyl (C=O) groups is 1. The standard InChI is InChI=1S/C17H17NO5S2/c19-13-5-3-4-12(10-13)11-14(17(20)21)15-6-7-16(24-15)25(22,23)18-8-1-2-9-18/h3-7,10-11,19H,1-2,8-9H2,(H,20,21)/b14-11-. The molecule has 1 aromatic heterocycles. The average Bonchev–Trinajstić information content (AvgIpc) is 3.24. The van der Waals surface area contributed by atoms with Gasteiger partial charge in [-0.25, -0.2) is 13.2 Å². The summed E-state index contributed by atoms with van der Waals surface area (Å²) < 4.78 is 26.7. The van der Waals surface area contributed by atoms with Gasteiger partial charge in [-0.05, 0) is 48.7 Å². The quantitative estimate of drug-likeness (QED) is 0.779. The second-order valence-electron chi connectivity index (χ2n) is 5.69. The van der Waals surface area contributed by atoms with E-state index in [9.17, 15) is 23.4 Å². The maximum absolute atomic E-state index is 12.6. The third-order valence-electron chi connectivity index (χ3n) is 3.92. The van der Waals surface area contributed by atoms with Crippen molar-refractivity contribution in [1.82, 2.24) is 4.31 Å². The summed E-state index contributed by atoms with van der Waals surface area (Å²) in [6.07, 6.45) is 3.10. The van der Waals surface area contributed by atoms with Crippen molar-refractivity contribution < 1.29 is 23.4 Å². The molecule has 1 aromatic carbocycles. The number of aromatic hydroxyl groups is 1. The first kappa shape index (κ1) is 17.7. The van der Waals surface area contributed by atoms with Gasteiger partial charge in [-0.3, -0.25) is 0 Å². The smallest absolute Gasteiger partial charge is 0.337 e. The van der Waals surface area contributed by atoms with Crippen LogP contribution in [0.2, 0.25) is 0 Å². The molecule has 1 aliphatic heterocycles. The SMILES string of the molecule is O=C(O)/C(=C\c1cccc(O)c1)c1ccc(S(=O)(=O)N2CCCC2)s1. The van der Waals surface area contributed by atoms with Gasteiger partial charge in [-0.2, -0.15) is 4.31 Å². The van der Waals surface area contributed by atoms with Crippen molar-refractivity contribution in [3.8, 4) is 5.75 Å². The lowest BCUT2D eigenvalue weighted by Gasteiger charge is -2.13. The number of nitrogens with zero attached hydrogens (tertiary/aromatic N) is 1. The van der Waals surface area contributed by atoms with Gasteiger partial charge in [0, 0.05) is 18.0 Å². The van der Waals surface area contributed by atoms with E-state index in [4.69, 9.17) is 0 Å². The van der Waals surface area contributed by atoms with E-state index in [2.05, 4.69) is 0 Å². The molecule has 0 saturated carbocycles. The van der Waals surface area contributed by atoms with Gasteiger partial charge in [0.15, 0.2) is 0 Å². The zero-order valence-corrected chi connectivity index (χ0v) is 14.9. The lowest BCUT2D eigenvalue weighted by Crippen LogP contribution is -2.27. The molecule has 2 heterocycles. The summed E-state index contributed by atoms with van der Waals surface area (Å²) in [6.45, 7) is 1.00. The van der Waals surface area contributed by atoms with Crippen LogP contribution in [0.25, 0.3) is 11.6 Å². The van der Waals surface area contributed by atoms with Gasteiger partial charge >= 0.3 is 5.97 Å². The van der Waals surface area contributed by atoms with E-state index in [-0.39, 0.29) is 15.5 Å². The van der Waals surface area contributed by atoms with E-state index < -0.39 is 16.0 Å². The van der Waals surface area contributed by atoms with Gasteiger partial charge < -0.3 is 10.2 Å². The normalized spacial score (nSPS) is 16.2. The molecule has 1 saturated heterocycles. The molecular formula is C17H17NO5S2. The van der Waals surface area contributed by atoms with Gasteiger partial charge in [0.25, 0.3) is 10.0 Å². The maximum atomic E-state index is 12.6. The third-order valence-corrected chi connectivity index (χ3v) is 7.40. The van der Waals surface area contributed by atoms with Gasteiger partial charge in [-0.1, -0.05) is 12.1 Å². The Balaban J connectivity index is 1.97. The molecule has 0 unspecified atom stereocenters. The molecule has 0 radical (unpaired) electrons. The van der Waals surface area contributed by atoms with Crippen LogP contribution >= 0.6 is 11.3 Å². The molecule has 3 rings (SSSR count). The Bertz CT molecular complexity index is 924. The first-order valence-electron chi connectivity index (χ1n) is 7.72. The fraction of sp³-hybridized carbons (Fsp3) is 0.235. The molecular weight excluding hydrogens is 362 g/mol. The highest BCUT2D eigenvalue weighted by Gasteiger charge is 2.29. The van der Waals surface area contributed by atoms with Crippen LogP contribution in [0, 0.1) is 0 Å². The zero-order chi connectivity index (χ0) is 18.0.